The molecule has 0 radical (unpaired) electrons. The minimum absolute atomic E-state index is 0.991. The number of likely N-dealkylation sites (tertiary alicyclic amines) is 1. The third kappa shape index (κ3) is 2.54. The molecule has 0 N–H and O–H groups in total. The molecule has 1 aliphatic heterocycles. The van der Waals surface area contributed by atoms with E-state index in [2.05, 4.69) is 25.3 Å². The summed E-state index contributed by atoms with van der Waals surface area (Å²) in [5.41, 5.74) is 1.24. The van der Waals surface area contributed by atoms with Crippen LogP contribution in [-0.2, 0) is 0 Å². The molecule has 1 rings (SSSR count). The van der Waals surface area contributed by atoms with Crippen LogP contribution in [0.3, 0.4) is 0 Å². The minimum atomic E-state index is 0.991. The molecule has 1 aliphatic rings. The Bertz CT molecular complexity index is 143. The van der Waals surface area contributed by atoms with Crippen LogP contribution in [0.5, 0.6) is 0 Å². The normalized spacial score (nSPS) is 19.7. The highest BCUT2D eigenvalue weighted by molar-refractivity contribution is 4.90. The van der Waals surface area contributed by atoms with Crippen LogP contribution in [0.15, 0.2) is 12.3 Å². The first-order chi connectivity index (χ1) is 5.74. The van der Waals surface area contributed by atoms with E-state index < -0.39 is 0 Å². The van der Waals surface area contributed by atoms with Gasteiger partial charge in [-0.2, -0.15) is 0 Å². The van der Waals surface area contributed by atoms with Gasteiger partial charge in [-0.15, -0.1) is 0 Å². The molecule has 0 aromatic rings. The smallest absolute Gasteiger partial charge is 0.0177 e. The average molecular weight is 167 g/mol. The molecule has 0 spiro atoms. The van der Waals surface area contributed by atoms with Crippen LogP contribution in [0.2, 0.25) is 0 Å². The second-order valence-corrected chi connectivity index (χ2v) is 3.95. The molecule has 0 bridgehead atoms. The molecular formula is C11H21N. The van der Waals surface area contributed by atoms with Gasteiger partial charge in [0.05, 0.1) is 0 Å². The van der Waals surface area contributed by atoms with Gasteiger partial charge in [0.2, 0.25) is 0 Å². The number of hydrogen-bond donors (Lipinski definition) is 0. The molecule has 1 nitrogen and oxygen atoms in total. The summed E-state index contributed by atoms with van der Waals surface area (Å²) in [5.74, 6) is 0.991. The van der Waals surface area contributed by atoms with E-state index in [4.69, 9.17) is 0 Å². The van der Waals surface area contributed by atoms with E-state index >= 15 is 0 Å². The number of nitrogens with zero attached hydrogens (tertiary/aromatic N) is 1. The molecule has 0 atom stereocenters. The summed E-state index contributed by atoms with van der Waals surface area (Å²) in [4.78, 5) is 2.41. The Morgan fingerprint density at radius 1 is 1.42 bits per heavy atom. The van der Waals surface area contributed by atoms with Crippen LogP contribution in [0, 0.1) is 5.92 Å². The van der Waals surface area contributed by atoms with Gasteiger partial charge in [0.1, 0.15) is 0 Å². The van der Waals surface area contributed by atoms with Crippen molar-refractivity contribution in [3.05, 3.63) is 12.3 Å². The lowest BCUT2D eigenvalue weighted by atomic mass is 9.92. The van der Waals surface area contributed by atoms with Crippen LogP contribution in [0.25, 0.3) is 0 Å². The van der Waals surface area contributed by atoms with Gasteiger partial charge >= 0.3 is 0 Å². The van der Waals surface area contributed by atoms with Crippen molar-refractivity contribution in [3.8, 4) is 0 Å². The van der Waals surface area contributed by atoms with Crippen LogP contribution >= 0.6 is 0 Å². The highest BCUT2D eigenvalue weighted by atomic mass is 15.1. The van der Waals surface area contributed by atoms with Gasteiger partial charge in [-0.1, -0.05) is 26.3 Å². The maximum Gasteiger partial charge on any atom is 0.0177 e. The van der Waals surface area contributed by atoms with Gasteiger partial charge in [0.15, 0.2) is 0 Å². The number of allylic oxidation sites excluding steroid dienone is 1. The molecule has 70 valence electrons. The quantitative estimate of drug-likeness (QED) is 0.624. The van der Waals surface area contributed by atoms with E-state index in [-0.39, 0.29) is 0 Å². The van der Waals surface area contributed by atoms with E-state index in [0.29, 0.717) is 0 Å². The fourth-order valence-electron chi connectivity index (χ4n) is 2.01. The topological polar surface area (TPSA) is 3.24 Å². The molecule has 0 aromatic carbocycles. The lowest BCUT2D eigenvalue weighted by Crippen LogP contribution is -2.31. The van der Waals surface area contributed by atoms with Crippen LogP contribution < -0.4 is 0 Å². The molecule has 1 fully saturated rings. The zero-order valence-electron chi connectivity index (χ0n) is 8.47. The molecule has 0 saturated carbocycles. The lowest BCUT2D eigenvalue weighted by Gasteiger charge is -2.33. The Hall–Kier alpha value is -0.460. The van der Waals surface area contributed by atoms with Gasteiger partial charge in [-0.05, 0) is 25.7 Å². The van der Waals surface area contributed by atoms with Crippen molar-refractivity contribution < 1.29 is 0 Å². The highest BCUT2D eigenvalue weighted by Gasteiger charge is 2.17. The van der Waals surface area contributed by atoms with Gasteiger partial charge in [-0.3, -0.25) is 0 Å². The molecule has 12 heavy (non-hydrogen) atoms. The SMILES string of the molecule is C=C(C)N1CCC(CCC)CC1. The zero-order valence-corrected chi connectivity index (χ0v) is 8.47. The summed E-state index contributed by atoms with van der Waals surface area (Å²) in [6.07, 6.45) is 5.52. The molecule has 0 unspecified atom stereocenters. The second kappa shape index (κ2) is 4.54. The fraction of sp³-hybridized carbons (Fsp3) is 0.818. The minimum Gasteiger partial charge on any atom is -0.376 e. The number of rotatable bonds is 3. The zero-order chi connectivity index (χ0) is 8.97. The van der Waals surface area contributed by atoms with Crippen LogP contribution in [0.4, 0.5) is 0 Å². The Labute approximate surface area is 76.5 Å². The first kappa shape index (κ1) is 9.63. The van der Waals surface area contributed by atoms with Crippen molar-refractivity contribution in [2.45, 2.75) is 39.5 Å². The average Bonchev–Trinajstić information content (AvgIpc) is 2.06. The molecule has 1 heterocycles. The van der Waals surface area contributed by atoms with Crippen molar-refractivity contribution in [1.29, 1.82) is 0 Å². The third-order valence-corrected chi connectivity index (χ3v) is 2.85. The van der Waals surface area contributed by atoms with Crippen molar-refractivity contribution >= 4 is 0 Å². The molecule has 0 aromatic heterocycles. The lowest BCUT2D eigenvalue weighted by molar-refractivity contribution is 0.219. The first-order valence-corrected chi connectivity index (χ1v) is 5.14. The van der Waals surface area contributed by atoms with E-state index in [1.165, 1.54) is 44.5 Å². The Kier molecular flexibility index (Phi) is 3.64. The van der Waals surface area contributed by atoms with E-state index in [0.717, 1.165) is 5.92 Å². The number of piperidine rings is 1. The van der Waals surface area contributed by atoms with Crippen molar-refractivity contribution in [2.24, 2.45) is 5.92 Å². The van der Waals surface area contributed by atoms with Crippen LogP contribution in [0.1, 0.15) is 39.5 Å². The molecule has 1 heteroatoms. The predicted octanol–water partition coefficient (Wildman–Crippen LogP) is 3.03. The summed E-state index contributed by atoms with van der Waals surface area (Å²) < 4.78 is 0. The van der Waals surface area contributed by atoms with Crippen molar-refractivity contribution in [1.82, 2.24) is 4.90 Å². The van der Waals surface area contributed by atoms with Gasteiger partial charge < -0.3 is 4.90 Å². The summed E-state index contributed by atoms with van der Waals surface area (Å²) in [6, 6.07) is 0. The van der Waals surface area contributed by atoms with Crippen molar-refractivity contribution in [3.63, 3.8) is 0 Å². The molecule has 0 amide bonds. The summed E-state index contributed by atoms with van der Waals surface area (Å²) in [7, 11) is 0. The highest BCUT2D eigenvalue weighted by Crippen LogP contribution is 2.23. The van der Waals surface area contributed by atoms with Crippen LogP contribution in [-0.4, -0.2) is 18.0 Å². The van der Waals surface area contributed by atoms with Gasteiger partial charge in [0.25, 0.3) is 0 Å². The maximum absolute atomic E-state index is 3.98. The summed E-state index contributed by atoms with van der Waals surface area (Å²) >= 11 is 0. The largest absolute Gasteiger partial charge is 0.376 e. The summed E-state index contributed by atoms with van der Waals surface area (Å²) in [5, 5.41) is 0. The Balaban J connectivity index is 2.25. The molecule has 1 saturated heterocycles. The van der Waals surface area contributed by atoms with Gasteiger partial charge in [-0.25, -0.2) is 0 Å². The van der Waals surface area contributed by atoms with Crippen molar-refractivity contribution in [2.75, 3.05) is 13.1 Å². The second-order valence-electron chi connectivity index (χ2n) is 3.95. The fourth-order valence-corrected chi connectivity index (χ4v) is 2.01. The number of hydrogen-bond acceptors (Lipinski definition) is 1. The third-order valence-electron chi connectivity index (χ3n) is 2.85. The van der Waals surface area contributed by atoms with E-state index in [9.17, 15) is 0 Å². The Morgan fingerprint density at radius 2 is 2.00 bits per heavy atom. The maximum atomic E-state index is 3.98. The van der Waals surface area contributed by atoms with E-state index in [1.807, 2.05) is 0 Å². The standard InChI is InChI=1S/C11H21N/c1-4-5-11-6-8-12(9-7-11)10(2)3/h11H,2,4-9H2,1,3H3. The molecule has 0 aliphatic carbocycles. The monoisotopic (exact) mass is 167 g/mol. The predicted molar refractivity (Wildman–Crippen MR) is 54.0 cm³/mol. The first-order valence-electron chi connectivity index (χ1n) is 5.14. The summed E-state index contributed by atoms with van der Waals surface area (Å²) in [6.45, 7) is 10.8. The molecular weight excluding hydrogens is 146 g/mol. The van der Waals surface area contributed by atoms with E-state index in [1.54, 1.807) is 0 Å². The van der Waals surface area contributed by atoms with Gasteiger partial charge in [0, 0.05) is 18.8 Å². The Morgan fingerprint density at radius 3 is 2.42 bits per heavy atom.